The minimum absolute atomic E-state index is 0.244. The van der Waals surface area contributed by atoms with Crippen molar-refractivity contribution in [3.8, 4) is 5.75 Å². The molecule has 2 fully saturated rings. The van der Waals surface area contributed by atoms with Gasteiger partial charge in [0.25, 0.3) is 0 Å². The number of nitrogens with one attached hydrogen (secondary N) is 1. The SMILES string of the molecule is COc1cc(F)ccc1[C@@H](C1CCOCC1)N1CCNCC1. The summed E-state index contributed by atoms with van der Waals surface area (Å²) in [4.78, 5) is 2.52. The fourth-order valence-corrected chi connectivity index (χ4v) is 3.67. The standard InChI is InChI=1S/C17H25FN2O2/c1-21-16-12-14(18)2-3-15(16)17(13-4-10-22-11-5-13)20-8-6-19-7-9-20/h2-3,12-13,17,19H,4-11H2,1H3/t17-/m1/s1. The summed E-state index contributed by atoms with van der Waals surface area (Å²) < 4.78 is 24.6. The average molecular weight is 308 g/mol. The lowest BCUT2D eigenvalue weighted by Crippen LogP contribution is -2.47. The van der Waals surface area contributed by atoms with E-state index < -0.39 is 0 Å². The molecule has 5 heteroatoms. The number of halogens is 1. The van der Waals surface area contributed by atoms with Gasteiger partial charge in [0, 0.05) is 57.1 Å². The zero-order valence-corrected chi connectivity index (χ0v) is 13.2. The molecule has 2 heterocycles. The fourth-order valence-electron chi connectivity index (χ4n) is 3.67. The minimum Gasteiger partial charge on any atom is -0.496 e. The molecule has 4 nitrogen and oxygen atoms in total. The number of methoxy groups -OCH3 is 1. The molecule has 0 bridgehead atoms. The van der Waals surface area contributed by atoms with E-state index in [4.69, 9.17) is 9.47 Å². The molecule has 0 unspecified atom stereocenters. The van der Waals surface area contributed by atoms with Crippen LogP contribution in [0.1, 0.15) is 24.4 Å². The number of benzene rings is 1. The molecule has 2 saturated heterocycles. The first-order valence-corrected chi connectivity index (χ1v) is 8.15. The van der Waals surface area contributed by atoms with Gasteiger partial charge in [0.1, 0.15) is 11.6 Å². The van der Waals surface area contributed by atoms with E-state index in [1.54, 1.807) is 13.2 Å². The molecule has 3 rings (SSSR count). The van der Waals surface area contributed by atoms with Crippen LogP contribution in [0.15, 0.2) is 18.2 Å². The Hall–Kier alpha value is -1.17. The van der Waals surface area contributed by atoms with Crippen LogP contribution in [0.5, 0.6) is 5.75 Å². The quantitative estimate of drug-likeness (QED) is 0.925. The molecule has 0 spiro atoms. The second kappa shape index (κ2) is 7.40. The van der Waals surface area contributed by atoms with Gasteiger partial charge in [-0.3, -0.25) is 4.90 Å². The molecule has 0 aliphatic carbocycles. The Morgan fingerprint density at radius 3 is 2.68 bits per heavy atom. The van der Waals surface area contributed by atoms with E-state index in [-0.39, 0.29) is 11.9 Å². The molecule has 2 aliphatic rings. The molecule has 0 saturated carbocycles. The third kappa shape index (κ3) is 3.42. The van der Waals surface area contributed by atoms with Gasteiger partial charge < -0.3 is 14.8 Å². The highest BCUT2D eigenvalue weighted by atomic mass is 19.1. The van der Waals surface area contributed by atoms with Gasteiger partial charge in [0.05, 0.1) is 7.11 Å². The smallest absolute Gasteiger partial charge is 0.126 e. The third-order valence-corrected chi connectivity index (χ3v) is 4.77. The van der Waals surface area contributed by atoms with E-state index in [1.165, 1.54) is 6.07 Å². The van der Waals surface area contributed by atoms with E-state index in [0.717, 1.165) is 57.8 Å². The maximum atomic E-state index is 13.6. The van der Waals surface area contributed by atoms with Crippen molar-refractivity contribution in [3.05, 3.63) is 29.6 Å². The lowest BCUT2D eigenvalue weighted by Gasteiger charge is -2.41. The van der Waals surface area contributed by atoms with Crippen LogP contribution in [0, 0.1) is 11.7 Å². The molecule has 1 N–H and O–H groups in total. The normalized spacial score (nSPS) is 22.5. The van der Waals surface area contributed by atoms with Crippen LogP contribution < -0.4 is 10.1 Å². The van der Waals surface area contributed by atoms with Crippen molar-refractivity contribution in [1.82, 2.24) is 10.2 Å². The average Bonchev–Trinajstić information content (AvgIpc) is 2.58. The molecule has 122 valence electrons. The summed E-state index contributed by atoms with van der Waals surface area (Å²) in [5, 5.41) is 3.40. The summed E-state index contributed by atoms with van der Waals surface area (Å²) in [5.41, 5.74) is 1.11. The highest BCUT2D eigenvalue weighted by Gasteiger charge is 2.33. The maximum absolute atomic E-state index is 13.6. The summed E-state index contributed by atoms with van der Waals surface area (Å²) in [6.07, 6.45) is 2.10. The maximum Gasteiger partial charge on any atom is 0.126 e. The number of ether oxygens (including phenoxy) is 2. The van der Waals surface area contributed by atoms with E-state index in [2.05, 4.69) is 10.2 Å². The van der Waals surface area contributed by atoms with Crippen molar-refractivity contribution in [2.75, 3.05) is 46.5 Å². The van der Waals surface area contributed by atoms with E-state index in [9.17, 15) is 4.39 Å². The van der Waals surface area contributed by atoms with Crippen molar-refractivity contribution in [2.24, 2.45) is 5.92 Å². The van der Waals surface area contributed by atoms with Crippen LogP contribution in [-0.2, 0) is 4.74 Å². The highest BCUT2D eigenvalue weighted by molar-refractivity contribution is 5.37. The Kier molecular flexibility index (Phi) is 5.28. The van der Waals surface area contributed by atoms with Crippen LogP contribution in [0.2, 0.25) is 0 Å². The van der Waals surface area contributed by atoms with E-state index >= 15 is 0 Å². The van der Waals surface area contributed by atoms with Crippen molar-refractivity contribution in [3.63, 3.8) is 0 Å². The Morgan fingerprint density at radius 1 is 1.27 bits per heavy atom. The number of piperazine rings is 1. The molecule has 22 heavy (non-hydrogen) atoms. The second-order valence-corrected chi connectivity index (χ2v) is 6.07. The Bertz CT molecular complexity index is 468. The van der Waals surface area contributed by atoms with Crippen LogP contribution in [0.4, 0.5) is 4.39 Å². The summed E-state index contributed by atoms with van der Waals surface area (Å²) >= 11 is 0. The predicted molar refractivity (Wildman–Crippen MR) is 83.7 cm³/mol. The molecule has 1 aromatic carbocycles. The van der Waals surface area contributed by atoms with Crippen molar-refractivity contribution >= 4 is 0 Å². The lowest BCUT2D eigenvalue weighted by atomic mass is 9.85. The van der Waals surface area contributed by atoms with Crippen LogP contribution in [-0.4, -0.2) is 51.4 Å². The zero-order valence-electron chi connectivity index (χ0n) is 13.2. The minimum atomic E-state index is -0.244. The molecule has 0 radical (unpaired) electrons. The van der Waals surface area contributed by atoms with Crippen molar-refractivity contribution in [2.45, 2.75) is 18.9 Å². The molecule has 0 aromatic heterocycles. The molecule has 1 atom stereocenters. The van der Waals surface area contributed by atoms with Crippen LogP contribution in [0.25, 0.3) is 0 Å². The van der Waals surface area contributed by atoms with Crippen molar-refractivity contribution in [1.29, 1.82) is 0 Å². The topological polar surface area (TPSA) is 33.7 Å². The van der Waals surface area contributed by atoms with Gasteiger partial charge in [0.15, 0.2) is 0 Å². The summed E-state index contributed by atoms with van der Waals surface area (Å²) in [6, 6.07) is 5.23. The van der Waals surface area contributed by atoms with Gasteiger partial charge in [-0.25, -0.2) is 4.39 Å². The molecule has 2 aliphatic heterocycles. The van der Waals surface area contributed by atoms with Crippen molar-refractivity contribution < 1.29 is 13.9 Å². The number of rotatable bonds is 4. The fraction of sp³-hybridized carbons (Fsp3) is 0.647. The first-order chi connectivity index (χ1) is 10.8. The predicted octanol–water partition coefficient (Wildman–Crippen LogP) is 2.21. The van der Waals surface area contributed by atoms with Gasteiger partial charge in [-0.15, -0.1) is 0 Å². The Morgan fingerprint density at radius 2 is 2.00 bits per heavy atom. The third-order valence-electron chi connectivity index (χ3n) is 4.77. The van der Waals surface area contributed by atoms with E-state index in [0.29, 0.717) is 11.7 Å². The highest BCUT2D eigenvalue weighted by Crippen LogP contribution is 2.39. The number of hydrogen-bond acceptors (Lipinski definition) is 4. The molecule has 1 aromatic rings. The molecular weight excluding hydrogens is 283 g/mol. The van der Waals surface area contributed by atoms with Gasteiger partial charge in [0.2, 0.25) is 0 Å². The number of nitrogens with zero attached hydrogens (tertiary/aromatic N) is 1. The molecular formula is C17H25FN2O2. The van der Waals surface area contributed by atoms with Crippen LogP contribution >= 0.6 is 0 Å². The molecule has 0 amide bonds. The number of hydrogen-bond donors (Lipinski definition) is 1. The first-order valence-electron chi connectivity index (χ1n) is 8.15. The van der Waals surface area contributed by atoms with Gasteiger partial charge in [-0.1, -0.05) is 6.07 Å². The van der Waals surface area contributed by atoms with Crippen LogP contribution in [0.3, 0.4) is 0 Å². The van der Waals surface area contributed by atoms with E-state index in [1.807, 2.05) is 6.07 Å². The summed E-state index contributed by atoms with van der Waals surface area (Å²) in [6.45, 7) is 5.67. The second-order valence-electron chi connectivity index (χ2n) is 6.07. The zero-order chi connectivity index (χ0) is 15.4. The Labute approximate surface area is 131 Å². The summed E-state index contributed by atoms with van der Waals surface area (Å²) in [7, 11) is 1.62. The Balaban J connectivity index is 1.92. The first kappa shape index (κ1) is 15.7. The monoisotopic (exact) mass is 308 g/mol. The van der Waals surface area contributed by atoms with Gasteiger partial charge in [-0.05, 0) is 24.8 Å². The van der Waals surface area contributed by atoms with Gasteiger partial charge >= 0.3 is 0 Å². The summed E-state index contributed by atoms with van der Waals surface area (Å²) in [5.74, 6) is 0.952. The largest absolute Gasteiger partial charge is 0.496 e. The van der Waals surface area contributed by atoms with Gasteiger partial charge in [-0.2, -0.15) is 0 Å². The lowest BCUT2D eigenvalue weighted by molar-refractivity contribution is 0.0206.